The zero-order valence-electron chi connectivity index (χ0n) is 11.5. The van der Waals surface area contributed by atoms with Crippen LogP contribution in [-0.4, -0.2) is 23.2 Å². The number of aliphatic carboxylic acids is 1. The largest absolute Gasteiger partial charge is 0.479 e. The molecule has 0 aliphatic rings. The predicted molar refractivity (Wildman–Crippen MR) is 70.7 cm³/mol. The Labute approximate surface area is 116 Å². The number of rotatable bonds is 7. The second-order valence-corrected chi connectivity index (χ2v) is 4.61. The lowest BCUT2D eigenvalue weighted by Crippen LogP contribution is -2.27. The van der Waals surface area contributed by atoms with Gasteiger partial charge in [0.25, 0.3) is 0 Å². The van der Waals surface area contributed by atoms with E-state index in [1.807, 2.05) is 6.92 Å². The summed E-state index contributed by atoms with van der Waals surface area (Å²) in [5, 5.41) is 8.84. The minimum Gasteiger partial charge on any atom is -0.479 e. The van der Waals surface area contributed by atoms with Crippen molar-refractivity contribution in [3.8, 4) is 5.75 Å². The van der Waals surface area contributed by atoms with Crippen molar-refractivity contribution in [1.82, 2.24) is 0 Å². The number of carbonyl (C=O) groups is 1. The summed E-state index contributed by atoms with van der Waals surface area (Å²) in [7, 11) is 0. The van der Waals surface area contributed by atoms with Crippen LogP contribution in [0.5, 0.6) is 5.75 Å². The third kappa shape index (κ3) is 4.16. The van der Waals surface area contributed by atoms with Gasteiger partial charge in [0.15, 0.2) is 23.5 Å². The predicted octanol–water partition coefficient (Wildman–Crippen LogP) is 2.49. The van der Waals surface area contributed by atoms with Crippen LogP contribution in [0.1, 0.15) is 32.3 Å². The molecule has 2 atom stereocenters. The van der Waals surface area contributed by atoms with Crippen LogP contribution in [0.3, 0.4) is 0 Å². The van der Waals surface area contributed by atoms with E-state index >= 15 is 0 Å². The van der Waals surface area contributed by atoms with Gasteiger partial charge in [-0.1, -0.05) is 13.8 Å². The maximum absolute atomic E-state index is 13.8. The molecule has 0 radical (unpaired) electrons. The second kappa shape index (κ2) is 7.19. The van der Waals surface area contributed by atoms with E-state index in [-0.39, 0.29) is 12.5 Å². The second-order valence-electron chi connectivity index (χ2n) is 4.61. The number of nitrogens with two attached hydrogens (primary N) is 1. The van der Waals surface area contributed by atoms with E-state index < -0.39 is 29.5 Å². The van der Waals surface area contributed by atoms with E-state index in [1.54, 1.807) is 6.92 Å². The number of carboxylic acids is 1. The summed E-state index contributed by atoms with van der Waals surface area (Å²) in [4.78, 5) is 10.8. The minimum atomic E-state index is -1.28. The van der Waals surface area contributed by atoms with Crippen LogP contribution < -0.4 is 10.5 Å². The van der Waals surface area contributed by atoms with Crippen molar-refractivity contribution in [2.24, 2.45) is 5.73 Å². The first-order valence-corrected chi connectivity index (χ1v) is 6.51. The van der Waals surface area contributed by atoms with Gasteiger partial charge in [-0.25, -0.2) is 13.6 Å². The molecule has 1 rings (SSSR count). The first-order valence-electron chi connectivity index (χ1n) is 6.51. The molecule has 0 aliphatic carbocycles. The molecular weight excluding hydrogens is 268 g/mol. The van der Waals surface area contributed by atoms with E-state index in [2.05, 4.69) is 0 Å². The standard InChI is InChI=1S/C14H19F2NO3/c1-3-9(17)5-8-6-10(15)13(11(16)7-8)20-12(4-2)14(18)19/h6-7,9,12H,3-5,17H2,1-2H3,(H,18,19). The first kappa shape index (κ1) is 16.4. The zero-order valence-corrected chi connectivity index (χ0v) is 11.5. The molecule has 0 bridgehead atoms. The molecule has 0 fully saturated rings. The van der Waals surface area contributed by atoms with Gasteiger partial charge < -0.3 is 15.6 Å². The molecule has 6 heteroatoms. The number of halogens is 2. The van der Waals surface area contributed by atoms with Crippen molar-refractivity contribution in [1.29, 1.82) is 0 Å². The Morgan fingerprint density at radius 2 is 1.85 bits per heavy atom. The third-order valence-electron chi connectivity index (χ3n) is 2.99. The summed E-state index contributed by atoms with van der Waals surface area (Å²) in [6.45, 7) is 3.44. The van der Waals surface area contributed by atoms with Crippen LogP contribution in [-0.2, 0) is 11.2 Å². The van der Waals surface area contributed by atoms with Gasteiger partial charge in [-0.05, 0) is 37.0 Å². The van der Waals surface area contributed by atoms with Gasteiger partial charge >= 0.3 is 5.97 Å². The molecule has 112 valence electrons. The molecule has 1 aromatic rings. The fourth-order valence-corrected chi connectivity index (χ4v) is 1.74. The van der Waals surface area contributed by atoms with Gasteiger partial charge in [-0.2, -0.15) is 0 Å². The molecule has 0 aromatic heterocycles. The molecule has 0 amide bonds. The van der Waals surface area contributed by atoms with Crippen LogP contribution in [0.25, 0.3) is 0 Å². The average molecular weight is 287 g/mol. The van der Waals surface area contributed by atoms with E-state index in [0.717, 1.165) is 12.1 Å². The molecule has 1 aromatic carbocycles. The quantitative estimate of drug-likeness (QED) is 0.808. The Balaban J connectivity index is 2.97. The van der Waals surface area contributed by atoms with Crippen LogP contribution in [0.2, 0.25) is 0 Å². The first-order chi connectivity index (χ1) is 9.38. The molecule has 2 unspecified atom stereocenters. The van der Waals surface area contributed by atoms with Gasteiger partial charge in [0.2, 0.25) is 0 Å². The monoisotopic (exact) mass is 287 g/mol. The van der Waals surface area contributed by atoms with Crippen molar-refractivity contribution < 1.29 is 23.4 Å². The Kier molecular flexibility index (Phi) is 5.88. The highest BCUT2D eigenvalue weighted by Crippen LogP contribution is 2.25. The molecule has 20 heavy (non-hydrogen) atoms. The summed E-state index contributed by atoms with van der Waals surface area (Å²) in [6.07, 6.45) is -0.127. The highest BCUT2D eigenvalue weighted by atomic mass is 19.1. The van der Waals surface area contributed by atoms with Crippen LogP contribution in [0.15, 0.2) is 12.1 Å². The Morgan fingerprint density at radius 1 is 1.30 bits per heavy atom. The van der Waals surface area contributed by atoms with E-state index in [0.29, 0.717) is 18.4 Å². The maximum atomic E-state index is 13.8. The number of hydrogen-bond donors (Lipinski definition) is 2. The van der Waals surface area contributed by atoms with Crippen molar-refractivity contribution in [2.45, 2.75) is 45.3 Å². The van der Waals surface area contributed by atoms with Crippen LogP contribution in [0, 0.1) is 11.6 Å². The molecule has 3 N–H and O–H groups in total. The fraction of sp³-hybridized carbons (Fsp3) is 0.500. The van der Waals surface area contributed by atoms with Crippen molar-refractivity contribution in [3.63, 3.8) is 0 Å². The molecule has 0 heterocycles. The van der Waals surface area contributed by atoms with E-state index in [4.69, 9.17) is 15.6 Å². The van der Waals surface area contributed by atoms with Gasteiger partial charge in [0, 0.05) is 6.04 Å². The lowest BCUT2D eigenvalue weighted by atomic mass is 10.0. The van der Waals surface area contributed by atoms with Gasteiger partial charge in [0.05, 0.1) is 0 Å². The Bertz CT molecular complexity index is 456. The Morgan fingerprint density at radius 3 is 2.25 bits per heavy atom. The minimum absolute atomic E-state index is 0.108. The molecular formula is C14H19F2NO3. The van der Waals surface area contributed by atoms with E-state index in [9.17, 15) is 13.6 Å². The SMILES string of the molecule is CCC(N)Cc1cc(F)c(OC(CC)C(=O)O)c(F)c1. The highest BCUT2D eigenvalue weighted by Gasteiger charge is 2.22. The average Bonchev–Trinajstić information content (AvgIpc) is 2.37. The van der Waals surface area contributed by atoms with E-state index in [1.165, 1.54) is 0 Å². The summed E-state index contributed by atoms with van der Waals surface area (Å²) >= 11 is 0. The van der Waals surface area contributed by atoms with Gasteiger partial charge in [0.1, 0.15) is 0 Å². The molecule has 0 spiro atoms. The number of hydrogen-bond acceptors (Lipinski definition) is 3. The molecule has 0 aliphatic heterocycles. The fourth-order valence-electron chi connectivity index (χ4n) is 1.74. The van der Waals surface area contributed by atoms with Crippen molar-refractivity contribution in [2.75, 3.05) is 0 Å². The summed E-state index contributed by atoms with van der Waals surface area (Å²) in [5.74, 6) is -3.75. The topological polar surface area (TPSA) is 72.5 Å². The van der Waals surface area contributed by atoms with Crippen molar-refractivity contribution >= 4 is 5.97 Å². The van der Waals surface area contributed by atoms with Crippen molar-refractivity contribution in [3.05, 3.63) is 29.3 Å². The smallest absolute Gasteiger partial charge is 0.344 e. The zero-order chi connectivity index (χ0) is 15.3. The normalized spacial score (nSPS) is 13.8. The third-order valence-corrected chi connectivity index (χ3v) is 2.99. The maximum Gasteiger partial charge on any atom is 0.344 e. The highest BCUT2D eigenvalue weighted by molar-refractivity contribution is 5.72. The van der Waals surface area contributed by atoms with Crippen LogP contribution in [0.4, 0.5) is 8.78 Å². The molecule has 4 nitrogen and oxygen atoms in total. The summed E-state index contributed by atoms with van der Waals surface area (Å²) < 4.78 is 32.5. The molecule has 0 saturated heterocycles. The van der Waals surface area contributed by atoms with Gasteiger partial charge in [-0.3, -0.25) is 0 Å². The Hall–Kier alpha value is -1.69. The summed E-state index contributed by atoms with van der Waals surface area (Å²) in [6, 6.07) is 2.08. The summed E-state index contributed by atoms with van der Waals surface area (Å²) in [5.41, 5.74) is 6.15. The number of carboxylic acid groups (broad SMARTS) is 1. The van der Waals surface area contributed by atoms with Crippen LogP contribution >= 0.6 is 0 Å². The lowest BCUT2D eigenvalue weighted by molar-refractivity contribution is -0.145. The number of benzene rings is 1. The lowest BCUT2D eigenvalue weighted by Gasteiger charge is -2.16. The number of ether oxygens (including phenoxy) is 1. The van der Waals surface area contributed by atoms with Gasteiger partial charge in [-0.15, -0.1) is 0 Å². The molecule has 0 saturated carbocycles.